The van der Waals surface area contributed by atoms with Crippen molar-refractivity contribution < 1.29 is 23.9 Å². The van der Waals surface area contributed by atoms with Gasteiger partial charge in [-0.15, -0.1) is 0 Å². The van der Waals surface area contributed by atoms with E-state index in [9.17, 15) is 14.8 Å². The molecule has 0 unspecified atom stereocenters. The number of carbonyl (C=O) groups excluding carboxylic acids is 2. The topological polar surface area (TPSA) is 115 Å². The number of hydroxylamine groups is 2. The predicted molar refractivity (Wildman–Crippen MR) is 143 cm³/mol. The summed E-state index contributed by atoms with van der Waals surface area (Å²) in [6.45, 7) is 1.66. The molecule has 2 aromatic rings. The maximum Gasteiger partial charge on any atom is 0.338 e. The molecule has 1 aliphatic carbocycles. The van der Waals surface area contributed by atoms with Gasteiger partial charge in [-0.05, 0) is 42.3 Å². The second kappa shape index (κ2) is 9.02. The van der Waals surface area contributed by atoms with Gasteiger partial charge in [-0.1, -0.05) is 47.5 Å². The lowest BCUT2D eigenvalue weighted by Crippen LogP contribution is -2.51. The minimum atomic E-state index is -1.66. The number of halogens is 3. The molecule has 39 heavy (non-hydrogen) atoms. The third-order valence-electron chi connectivity index (χ3n) is 8.15. The second-order valence-electron chi connectivity index (χ2n) is 9.95. The summed E-state index contributed by atoms with van der Waals surface area (Å²) >= 11 is 12.4. The van der Waals surface area contributed by atoms with E-state index >= 15 is 4.39 Å². The maximum atomic E-state index is 15.6. The van der Waals surface area contributed by atoms with Crippen LogP contribution in [-0.2, 0) is 19.9 Å². The highest BCUT2D eigenvalue weighted by Gasteiger charge is 2.69. The molecule has 1 amide bonds. The lowest BCUT2D eigenvalue weighted by Gasteiger charge is -2.36. The van der Waals surface area contributed by atoms with Crippen LogP contribution in [0.4, 0.5) is 10.1 Å². The zero-order valence-electron chi connectivity index (χ0n) is 20.8. The molecule has 6 rings (SSSR count). The molecule has 4 aliphatic rings. The van der Waals surface area contributed by atoms with E-state index in [4.69, 9.17) is 33.3 Å². The normalized spacial score (nSPS) is 29.5. The largest absolute Gasteiger partial charge is 0.465 e. The molecule has 1 spiro atoms. The van der Waals surface area contributed by atoms with Gasteiger partial charge >= 0.3 is 5.97 Å². The summed E-state index contributed by atoms with van der Waals surface area (Å²) in [5.74, 6) is -2.64. The van der Waals surface area contributed by atoms with Gasteiger partial charge in [0.05, 0.1) is 35.5 Å². The summed E-state index contributed by atoms with van der Waals surface area (Å²) in [6, 6.07) is 8.19. The molecule has 2 aromatic carbocycles. The number of esters is 1. The number of anilines is 1. The number of rotatable bonds is 2. The van der Waals surface area contributed by atoms with Gasteiger partial charge in [0.2, 0.25) is 0 Å². The van der Waals surface area contributed by atoms with E-state index in [1.807, 2.05) is 0 Å². The van der Waals surface area contributed by atoms with E-state index < -0.39 is 41.2 Å². The number of methoxy groups -OCH3 is 1. The molecule has 0 radical (unpaired) electrons. The second-order valence-corrected chi connectivity index (χ2v) is 10.8. The third kappa shape index (κ3) is 3.47. The number of hydrogen-bond donors (Lipinski definition) is 4. The zero-order chi connectivity index (χ0) is 27.8. The number of benzene rings is 2. The van der Waals surface area contributed by atoms with Crippen molar-refractivity contribution in [1.29, 1.82) is 5.41 Å². The van der Waals surface area contributed by atoms with Gasteiger partial charge < -0.3 is 20.6 Å². The Bertz CT molecular complexity index is 1590. The van der Waals surface area contributed by atoms with Gasteiger partial charge in [0.15, 0.2) is 5.54 Å². The van der Waals surface area contributed by atoms with Gasteiger partial charge in [-0.2, -0.15) is 5.06 Å². The number of fused-ring (bicyclic) bond motifs is 3. The standard InChI is InChI=1S/C28H23Cl2FN4O4/c1-12-14(26(36)39-2)7-8-15(24(12)32)19-11-21-25(33-19)22(16-4-3-5-18(30)23(16)31)28(35(21)38)17-9-6-13(29)10-20(17)34-27(28)37/h3-10,21-22,25,32-33,38H,11H2,1-2H3,(H,34,37)/b19-15-,32-24?/t21-,22-,25+,28+/m0/s1. The molecule has 2 fully saturated rings. The van der Waals surface area contributed by atoms with Gasteiger partial charge in [0, 0.05) is 39.9 Å². The number of nitrogens with one attached hydrogen (secondary N) is 3. The molecule has 11 heteroatoms. The van der Waals surface area contributed by atoms with E-state index in [0.29, 0.717) is 33.1 Å². The summed E-state index contributed by atoms with van der Waals surface area (Å²) in [6.07, 6.45) is 3.48. The molecule has 4 N–H and O–H groups in total. The molecule has 0 bridgehead atoms. The van der Waals surface area contributed by atoms with Crippen LogP contribution in [0, 0.1) is 11.2 Å². The zero-order valence-corrected chi connectivity index (χ0v) is 22.3. The fourth-order valence-corrected chi connectivity index (χ4v) is 6.74. The number of amides is 1. The number of nitrogens with zero attached hydrogens (tertiary/aromatic N) is 1. The Morgan fingerprint density at radius 1 is 1.26 bits per heavy atom. The first-order valence-corrected chi connectivity index (χ1v) is 13.0. The van der Waals surface area contributed by atoms with Crippen LogP contribution in [0.15, 0.2) is 71.0 Å². The number of ether oxygens (including phenoxy) is 1. The predicted octanol–water partition coefficient (Wildman–Crippen LogP) is 4.83. The van der Waals surface area contributed by atoms with Crippen LogP contribution in [0.3, 0.4) is 0 Å². The summed E-state index contributed by atoms with van der Waals surface area (Å²) in [5, 5.41) is 28.0. The van der Waals surface area contributed by atoms with Crippen molar-refractivity contribution in [2.45, 2.75) is 36.9 Å². The van der Waals surface area contributed by atoms with Crippen molar-refractivity contribution in [2.75, 3.05) is 12.4 Å². The Kier molecular flexibility index (Phi) is 5.96. The summed E-state index contributed by atoms with van der Waals surface area (Å²) in [5.41, 5.74) is 1.44. The van der Waals surface area contributed by atoms with Gasteiger partial charge in [0.1, 0.15) is 5.82 Å². The molecular weight excluding hydrogens is 546 g/mol. The van der Waals surface area contributed by atoms with Crippen LogP contribution in [-0.4, -0.2) is 47.1 Å². The smallest absolute Gasteiger partial charge is 0.338 e. The van der Waals surface area contributed by atoms with Crippen LogP contribution in [0.2, 0.25) is 10.0 Å². The average Bonchev–Trinajstić information content (AvgIpc) is 3.53. The van der Waals surface area contributed by atoms with E-state index in [1.54, 1.807) is 49.4 Å². The quantitative estimate of drug-likeness (QED) is 0.386. The monoisotopic (exact) mass is 568 g/mol. The van der Waals surface area contributed by atoms with Crippen LogP contribution in [0.1, 0.15) is 30.4 Å². The van der Waals surface area contributed by atoms with E-state index in [-0.39, 0.29) is 28.3 Å². The van der Waals surface area contributed by atoms with Crippen LogP contribution in [0.5, 0.6) is 0 Å². The van der Waals surface area contributed by atoms with Gasteiger partial charge in [-0.3, -0.25) is 10.2 Å². The molecule has 0 saturated carbocycles. The SMILES string of the molecule is COC(=O)C1=C(C)C(=N)/C(=C2/C[C@H]3[C@@H](N2)[C@H](c2cccc(Cl)c2F)[C@]2(C(=O)Nc4cc(Cl)ccc42)N3O)C=C1. The highest BCUT2D eigenvalue weighted by atomic mass is 35.5. The minimum Gasteiger partial charge on any atom is -0.465 e. The van der Waals surface area contributed by atoms with E-state index in [1.165, 1.54) is 13.2 Å². The fraction of sp³-hybridized carbons (Fsp3) is 0.250. The highest BCUT2D eigenvalue weighted by molar-refractivity contribution is 6.31. The van der Waals surface area contributed by atoms with Crippen molar-refractivity contribution in [3.8, 4) is 0 Å². The molecule has 0 aromatic heterocycles. The molecule has 3 heterocycles. The van der Waals surface area contributed by atoms with Crippen molar-refractivity contribution in [2.24, 2.45) is 0 Å². The highest BCUT2D eigenvalue weighted by Crippen LogP contribution is 2.59. The lowest BCUT2D eigenvalue weighted by atomic mass is 9.74. The molecule has 2 saturated heterocycles. The lowest BCUT2D eigenvalue weighted by molar-refractivity contribution is -0.184. The first kappa shape index (κ1) is 25.8. The Hall–Kier alpha value is -3.50. The van der Waals surface area contributed by atoms with Gasteiger partial charge in [-0.25, -0.2) is 9.18 Å². The molecule has 200 valence electrons. The third-order valence-corrected chi connectivity index (χ3v) is 8.68. The van der Waals surface area contributed by atoms with Crippen molar-refractivity contribution in [1.82, 2.24) is 10.4 Å². The Balaban J connectivity index is 1.50. The number of carbonyl (C=O) groups is 2. The summed E-state index contributed by atoms with van der Waals surface area (Å²) in [7, 11) is 1.28. The minimum absolute atomic E-state index is 0.102. The van der Waals surface area contributed by atoms with Crippen molar-refractivity contribution >= 4 is 46.5 Å². The Labute approximate surface area is 233 Å². The summed E-state index contributed by atoms with van der Waals surface area (Å²) < 4.78 is 20.5. The fourth-order valence-electron chi connectivity index (χ4n) is 6.39. The molecule has 4 atom stereocenters. The average molecular weight is 569 g/mol. The molecule has 3 aliphatic heterocycles. The first-order chi connectivity index (χ1) is 18.6. The Morgan fingerprint density at radius 3 is 2.77 bits per heavy atom. The van der Waals surface area contributed by atoms with Crippen molar-refractivity contribution in [3.63, 3.8) is 0 Å². The van der Waals surface area contributed by atoms with Crippen LogP contribution in [0.25, 0.3) is 0 Å². The van der Waals surface area contributed by atoms with Crippen molar-refractivity contribution in [3.05, 3.63) is 98.0 Å². The molecule has 8 nitrogen and oxygen atoms in total. The molecular formula is C28H23Cl2FN4O4. The van der Waals surface area contributed by atoms with Crippen LogP contribution < -0.4 is 10.6 Å². The maximum absolute atomic E-state index is 15.6. The van der Waals surface area contributed by atoms with E-state index in [0.717, 1.165) is 5.06 Å². The number of allylic oxidation sites excluding steroid dienone is 3. The Morgan fingerprint density at radius 2 is 2.03 bits per heavy atom. The summed E-state index contributed by atoms with van der Waals surface area (Å²) in [4.78, 5) is 25.9. The first-order valence-electron chi connectivity index (χ1n) is 12.2. The number of hydrogen-bond acceptors (Lipinski definition) is 7. The van der Waals surface area contributed by atoms with Gasteiger partial charge in [0.25, 0.3) is 5.91 Å². The van der Waals surface area contributed by atoms with E-state index in [2.05, 4.69) is 10.6 Å². The van der Waals surface area contributed by atoms with Crippen LogP contribution >= 0.6 is 23.2 Å².